The molecule has 166 valence electrons. The minimum atomic E-state index is -4.65. The van der Waals surface area contributed by atoms with Gasteiger partial charge in [0.15, 0.2) is 0 Å². The van der Waals surface area contributed by atoms with Gasteiger partial charge in [0.25, 0.3) is 0 Å². The second-order valence-corrected chi connectivity index (χ2v) is 7.90. The van der Waals surface area contributed by atoms with Crippen LogP contribution in [0.4, 0.5) is 29.3 Å². The summed E-state index contributed by atoms with van der Waals surface area (Å²) in [6, 6.07) is 15.3. The second kappa shape index (κ2) is 10.1. The zero-order chi connectivity index (χ0) is 23.3. The number of halogens is 5. The van der Waals surface area contributed by atoms with E-state index < -0.39 is 17.8 Å². The highest BCUT2D eigenvalue weighted by molar-refractivity contribution is 6.31. The predicted molar refractivity (Wildman–Crippen MR) is 119 cm³/mol. The first-order chi connectivity index (χ1) is 15.1. The molecule has 0 saturated carbocycles. The summed E-state index contributed by atoms with van der Waals surface area (Å²) in [5.41, 5.74) is 0.103. The van der Waals surface area contributed by atoms with E-state index in [1.54, 1.807) is 42.5 Å². The Balaban J connectivity index is 1.77. The van der Waals surface area contributed by atoms with Gasteiger partial charge in [-0.15, -0.1) is 0 Å². The molecule has 0 aliphatic carbocycles. The maximum Gasteiger partial charge on any atom is 0.416 e. The van der Waals surface area contributed by atoms with Crippen molar-refractivity contribution in [2.24, 2.45) is 0 Å². The molecule has 2 amide bonds. The number of carbonyl (C=O) groups excluding carboxylic acids is 2. The van der Waals surface area contributed by atoms with Gasteiger partial charge >= 0.3 is 12.2 Å². The molecule has 2 N–H and O–H groups in total. The van der Waals surface area contributed by atoms with E-state index in [1.807, 2.05) is 0 Å². The molecule has 32 heavy (non-hydrogen) atoms. The lowest BCUT2D eigenvalue weighted by molar-refractivity contribution is -0.137. The van der Waals surface area contributed by atoms with Crippen molar-refractivity contribution in [3.63, 3.8) is 0 Å². The van der Waals surface area contributed by atoms with Crippen LogP contribution in [-0.4, -0.2) is 11.8 Å². The summed E-state index contributed by atoms with van der Waals surface area (Å²) in [6.45, 7) is 0. The number of alkyl halides is 3. The van der Waals surface area contributed by atoms with Gasteiger partial charge in [0.2, 0.25) is 0 Å². The van der Waals surface area contributed by atoms with Gasteiger partial charge in [0.05, 0.1) is 5.56 Å². The fraction of sp³-hybridized carbons (Fsp3) is 0.130. The van der Waals surface area contributed by atoms with Gasteiger partial charge in [-0.3, -0.25) is 4.79 Å². The lowest BCUT2D eigenvalue weighted by Gasteiger charge is -2.14. The summed E-state index contributed by atoms with van der Waals surface area (Å²) in [4.78, 5) is 24.7. The smallest absolute Gasteiger partial charge is 0.308 e. The average molecular weight is 481 g/mol. The molecule has 3 aromatic carbocycles. The largest absolute Gasteiger partial charge is 0.416 e. The van der Waals surface area contributed by atoms with Gasteiger partial charge < -0.3 is 10.6 Å². The third-order valence-electron chi connectivity index (χ3n) is 4.35. The molecular weight excluding hydrogens is 464 g/mol. The summed E-state index contributed by atoms with van der Waals surface area (Å²) >= 11 is 11.8. The number of carbonyl (C=O) groups is 2. The van der Waals surface area contributed by atoms with Gasteiger partial charge in [0, 0.05) is 34.3 Å². The van der Waals surface area contributed by atoms with Crippen molar-refractivity contribution in [2.75, 3.05) is 10.6 Å². The first-order valence-electron chi connectivity index (χ1n) is 9.39. The third-order valence-corrected chi connectivity index (χ3v) is 4.82. The fourth-order valence-corrected chi connectivity index (χ4v) is 3.46. The topological polar surface area (TPSA) is 58.2 Å². The van der Waals surface area contributed by atoms with Crippen LogP contribution in [0, 0.1) is 0 Å². The standard InChI is InChI=1S/C23H17Cl2F3N2O2/c24-17-4-1-3-14(8-17)10-21(31)11-15-7-16(23(26,27)28)12-20(9-15)30-22(32)29-19-6-2-5-18(25)13-19/h1-9,12-13H,10-11H2,(H2,29,30,32). The first kappa shape index (κ1) is 23.6. The van der Waals surface area contributed by atoms with E-state index in [1.165, 1.54) is 12.1 Å². The van der Waals surface area contributed by atoms with Crippen LogP contribution in [0.3, 0.4) is 0 Å². The summed E-state index contributed by atoms with van der Waals surface area (Å²) in [7, 11) is 0. The van der Waals surface area contributed by atoms with Crippen molar-refractivity contribution in [2.45, 2.75) is 19.0 Å². The molecule has 0 aliphatic rings. The molecule has 0 saturated heterocycles. The van der Waals surface area contributed by atoms with Gasteiger partial charge in [-0.1, -0.05) is 41.4 Å². The molecule has 4 nitrogen and oxygen atoms in total. The Kier molecular flexibility index (Phi) is 7.43. The number of Topliss-reactive ketones (excluding diaryl/α,β-unsaturated/α-hetero) is 1. The van der Waals surface area contributed by atoms with Gasteiger partial charge in [-0.05, 0) is 59.7 Å². The zero-order valence-electron chi connectivity index (χ0n) is 16.5. The normalized spacial score (nSPS) is 11.2. The molecule has 3 aromatic rings. The Labute approximate surface area is 192 Å². The number of amides is 2. The maximum absolute atomic E-state index is 13.4. The van der Waals surface area contributed by atoms with E-state index in [0.717, 1.165) is 12.1 Å². The second-order valence-electron chi connectivity index (χ2n) is 7.03. The van der Waals surface area contributed by atoms with Crippen molar-refractivity contribution >= 4 is 46.4 Å². The molecule has 0 atom stereocenters. The van der Waals surface area contributed by atoms with Crippen LogP contribution in [0.25, 0.3) is 0 Å². The van der Waals surface area contributed by atoms with Crippen molar-refractivity contribution in [1.82, 2.24) is 0 Å². The van der Waals surface area contributed by atoms with Crippen molar-refractivity contribution < 1.29 is 22.8 Å². The minimum Gasteiger partial charge on any atom is -0.308 e. The summed E-state index contributed by atoms with van der Waals surface area (Å²) in [5.74, 6) is -0.291. The molecule has 0 radical (unpaired) electrons. The predicted octanol–water partition coefficient (Wildman–Crippen LogP) is 7.01. The number of rotatable bonds is 6. The first-order valence-corrected chi connectivity index (χ1v) is 10.1. The van der Waals surface area contributed by atoms with Crippen LogP contribution in [0.15, 0.2) is 66.7 Å². The quantitative estimate of drug-likeness (QED) is 0.398. The van der Waals surface area contributed by atoms with Crippen LogP contribution in [0.5, 0.6) is 0 Å². The minimum absolute atomic E-state index is 0.0226. The molecule has 0 spiro atoms. The van der Waals surface area contributed by atoms with Crippen LogP contribution >= 0.6 is 23.2 Å². The lowest BCUT2D eigenvalue weighted by atomic mass is 10.0. The van der Waals surface area contributed by atoms with E-state index in [4.69, 9.17) is 23.2 Å². The number of urea groups is 1. The number of ketones is 1. The SMILES string of the molecule is O=C(Cc1cccc(Cl)c1)Cc1cc(NC(=O)Nc2cccc(Cl)c2)cc(C(F)(F)F)c1. The summed E-state index contributed by atoms with van der Waals surface area (Å²) in [6.07, 6.45) is -4.86. The highest BCUT2D eigenvalue weighted by Gasteiger charge is 2.31. The van der Waals surface area contributed by atoms with E-state index in [0.29, 0.717) is 21.3 Å². The number of hydrogen-bond acceptors (Lipinski definition) is 2. The van der Waals surface area contributed by atoms with Crippen LogP contribution in [0.2, 0.25) is 10.0 Å². The molecule has 0 aliphatic heterocycles. The summed E-state index contributed by atoms with van der Waals surface area (Å²) < 4.78 is 40.1. The molecule has 0 heterocycles. The molecule has 9 heteroatoms. The third kappa shape index (κ3) is 7.00. The van der Waals surface area contributed by atoms with Gasteiger partial charge in [-0.25, -0.2) is 4.79 Å². The molecule has 0 unspecified atom stereocenters. The molecule has 0 fully saturated rings. The molecule has 0 bridgehead atoms. The fourth-order valence-electron chi connectivity index (χ4n) is 3.05. The number of anilines is 2. The number of benzene rings is 3. The van der Waals surface area contributed by atoms with Gasteiger partial charge in [-0.2, -0.15) is 13.2 Å². The molecule has 3 rings (SSSR count). The maximum atomic E-state index is 13.4. The lowest BCUT2D eigenvalue weighted by Crippen LogP contribution is -2.20. The van der Waals surface area contributed by atoms with Gasteiger partial charge in [0.1, 0.15) is 5.78 Å². The van der Waals surface area contributed by atoms with Crippen molar-refractivity contribution in [1.29, 1.82) is 0 Å². The van der Waals surface area contributed by atoms with E-state index >= 15 is 0 Å². The number of hydrogen-bond donors (Lipinski definition) is 2. The molecular formula is C23H17Cl2F3N2O2. The average Bonchev–Trinajstić information content (AvgIpc) is 2.67. The Morgan fingerprint density at radius 2 is 1.38 bits per heavy atom. The monoisotopic (exact) mass is 480 g/mol. The summed E-state index contributed by atoms with van der Waals surface area (Å²) in [5, 5.41) is 5.72. The van der Waals surface area contributed by atoms with Crippen molar-refractivity contribution in [3.05, 3.63) is 93.5 Å². The number of nitrogens with one attached hydrogen (secondary N) is 2. The highest BCUT2D eigenvalue weighted by Crippen LogP contribution is 2.32. The Morgan fingerprint density at radius 1 is 0.750 bits per heavy atom. The Morgan fingerprint density at radius 3 is 2.03 bits per heavy atom. The van der Waals surface area contributed by atoms with E-state index in [9.17, 15) is 22.8 Å². The van der Waals surface area contributed by atoms with Crippen LogP contribution in [-0.2, 0) is 23.8 Å². The Bertz CT molecular complexity index is 1070. The highest BCUT2D eigenvalue weighted by atomic mass is 35.5. The Hall–Kier alpha value is -3.03. The molecule has 0 aromatic heterocycles. The van der Waals surface area contributed by atoms with E-state index in [2.05, 4.69) is 10.6 Å². The zero-order valence-corrected chi connectivity index (χ0v) is 18.0. The van der Waals surface area contributed by atoms with E-state index in [-0.39, 0.29) is 29.9 Å². The van der Waals surface area contributed by atoms with Crippen LogP contribution < -0.4 is 10.6 Å². The van der Waals surface area contributed by atoms with Crippen molar-refractivity contribution in [3.8, 4) is 0 Å². The van der Waals surface area contributed by atoms with Crippen LogP contribution in [0.1, 0.15) is 16.7 Å².